The molecule has 0 aromatic carbocycles. The maximum atomic E-state index is 12.8. The van der Waals surface area contributed by atoms with Crippen molar-refractivity contribution in [1.82, 2.24) is 15.2 Å². The summed E-state index contributed by atoms with van der Waals surface area (Å²) in [5.41, 5.74) is 0.735. The number of carbonyl (C=O) groups is 1. The summed E-state index contributed by atoms with van der Waals surface area (Å²) in [5.74, 6) is 0.0160. The summed E-state index contributed by atoms with van der Waals surface area (Å²) >= 11 is 0. The molecule has 5 nitrogen and oxygen atoms in total. The average Bonchev–Trinajstić information content (AvgIpc) is 3.12. The van der Waals surface area contributed by atoms with Gasteiger partial charge in [0, 0.05) is 25.5 Å². The summed E-state index contributed by atoms with van der Waals surface area (Å²) in [4.78, 5) is 18.6. The number of carbonyl (C=O) groups excluding carboxylic acids is 1. The van der Waals surface area contributed by atoms with Crippen molar-refractivity contribution in [2.24, 2.45) is 0 Å². The Bertz CT molecular complexity index is 461. The zero-order valence-electron chi connectivity index (χ0n) is 14.1. The van der Waals surface area contributed by atoms with Gasteiger partial charge in [0.15, 0.2) is 0 Å². The summed E-state index contributed by atoms with van der Waals surface area (Å²) in [7, 11) is 0. The monoisotopic (exact) mass is 335 g/mol. The van der Waals surface area contributed by atoms with Crippen molar-refractivity contribution in [3.63, 3.8) is 0 Å². The summed E-state index contributed by atoms with van der Waals surface area (Å²) in [6.45, 7) is 4.54. The number of aliphatic hydroxyl groups excluding tert-OH is 1. The Morgan fingerprint density at radius 3 is 2.54 bits per heavy atom. The molecule has 2 rings (SSSR count). The summed E-state index contributed by atoms with van der Waals surface area (Å²) in [6.07, 6.45) is 9.15. The van der Waals surface area contributed by atoms with Gasteiger partial charge >= 0.3 is 0 Å². The highest BCUT2D eigenvalue weighted by atomic mass is 16.3. The fourth-order valence-corrected chi connectivity index (χ4v) is 3.03. The predicted octanol–water partition coefficient (Wildman–Crippen LogP) is 2.91. The number of aromatic nitrogens is 1. The minimum absolute atomic E-state index is 0. The van der Waals surface area contributed by atoms with Gasteiger partial charge in [-0.1, -0.05) is 33.6 Å². The van der Waals surface area contributed by atoms with Gasteiger partial charge in [-0.3, -0.25) is 9.78 Å². The maximum Gasteiger partial charge on any atom is 0.242 e. The molecule has 2 heterocycles. The smallest absolute Gasteiger partial charge is 0.242 e. The normalized spacial score (nSPS) is 16.5. The lowest BCUT2D eigenvalue weighted by Crippen LogP contribution is -2.49. The van der Waals surface area contributed by atoms with E-state index >= 15 is 0 Å². The van der Waals surface area contributed by atoms with E-state index in [0.29, 0.717) is 0 Å². The van der Waals surface area contributed by atoms with Crippen molar-refractivity contribution in [2.45, 2.75) is 65.0 Å². The van der Waals surface area contributed by atoms with Crippen molar-refractivity contribution < 1.29 is 9.90 Å². The Hall–Kier alpha value is -1.46. The van der Waals surface area contributed by atoms with Gasteiger partial charge in [-0.05, 0) is 43.5 Å². The first-order valence-corrected chi connectivity index (χ1v) is 8.84. The summed E-state index contributed by atoms with van der Waals surface area (Å²) in [6, 6.07) is 2.97. The van der Waals surface area contributed by atoms with E-state index in [1.54, 1.807) is 24.5 Å². The molecule has 0 bridgehead atoms. The lowest BCUT2D eigenvalue weighted by Gasteiger charge is -2.28. The number of hydrogen-bond donors (Lipinski definition) is 2. The number of pyridine rings is 1. The van der Waals surface area contributed by atoms with E-state index in [4.69, 9.17) is 0 Å². The largest absolute Gasteiger partial charge is 0.386 e. The van der Waals surface area contributed by atoms with Gasteiger partial charge < -0.3 is 15.3 Å². The van der Waals surface area contributed by atoms with Crippen LogP contribution in [0.1, 0.15) is 64.5 Å². The first-order valence-electron chi connectivity index (χ1n) is 8.84. The van der Waals surface area contributed by atoms with Crippen LogP contribution in [-0.4, -0.2) is 46.6 Å². The van der Waals surface area contributed by atoms with Gasteiger partial charge in [0.2, 0.25) is 5.91 Å². The molecule has 1 fully saturated rings. The molecule has 1 aromatic heterocycles. The maximum absolute atomic E-state index is 12.8. The molecular weight excluding hydrogens is 302 g/mol. The Balaban J connectivity index is 0.00000288. The molecule has 1 aliphatic rings. The Morgan fingerprint density at radius 1 is 1.25 bits per heavy atom. The van der Waals surface area contributed by atoms with E-state index < -0.39 is 12.1 Å². The summed E-state index contributed by atoms with van der Waals surface area (Å²) < 4.78 is 0. The lowest BCUT2D eigenvalue weighted by atomic mass is 10.0. The number of nitrogens with one attached hydrogen (secondary N) is 1. The zero-order valence-corrected chi connectivity index (χ0v) is 14.1. The number of likely N-dealkylation sites (tertiary alicyclic amines) is 1. The van der Waals surface area contributed by atoms with Gasteiger partial charge in [0.25, 0.3) is 0 Å². The standard InChI is InChI=1S/C18H29N3O2.CH4/c1-2-3-4-5-10-20-16(18(23)21-13-6-7-14-21)17(22)15-8-11-19-12-9-15;/h8-9,11-12,16-17,20,22H,2-7,10,13-14H2,1H3;1H4/t16-,17+;/m1./s1. The third kappa shape index (κ3) is 5.87. The van der Waals surface area contributed by atoms with E-state index in [1.807, 2.05) is 4.90 Å². The van der Waals surface area contributed by atoms with E-state index in [-0.39, 0.29) is 13.3 Å². The predicted molar refractivity (Wildman–Crippen MR) is 97.7 cm³/mol. The molecule has 24 heavy (non-hydrogen) atoms. The highest BCUT2D eigenvalue weighted by molar-refractivity contribution is 5.83. The van der Waals surface area contributed by atoms with Gasteiger partial charge in [-0.2, -0.15) is 0 Å². The molecule has 1 aliphatic heterocycles. The molecule has 1 saturated heterocycles. The fourth-order valence-electron chi connectivity index (χ4n) is 3.03. The molecule has 5 heteroatoms. The van der Waals surface area contributed by atoms with Crippen LogP contribution in [0.15, 0.2) is 24.5 Å². The minimum Gasteiger partial charge on any atom is -0.386 e. The molecule has 0 aliphatic carbocycles. The fraction of sp³-hybridized carbons (Fsp3) is 0.684. The van der Waals surface area contributed by atoms with Crippen LogP contribution in [0.5, 0.6) is 0 Å². The van der Waals surface area contributed by atoms with Crippen molar-refractivity contribution in [3.05, 3.63) is 30.1 Å². The van der Waals surface area contributed by atoms with Crippen molar-refractivity contribution >= 4 is 5.91 Å². The van der Waals surface area contributed by atoms with Gasteiger partial charge in [0.05, 0.1) is 0 Å². The van der Waals surface area contributed by atoms with Crippen LogP contribution in [-0.2, 0) is 4.79 Å². The SMILES string of the molecule is C.CCCCCCN[C@@H](C(=O)N1CCCC1)[C@@H](O)c1ccncc1. The first-order chi connectivity index (χ1) is 11.2. The third-order valence-corrected chi connectivity index (χ3v) is 4.44. The Labute approximate surface area is 146 Å². The van der Waals surface area contributed by atoms with Gasteiger partial charge in [-0.25, -0.2) is 0 Å². The number of unbranched alkanes of at least 4 members (excludes halogenated alkanes) is 3. The molecule has 1 amide bonds. The van der Waals surface area contributed by atoms with E-state index in [2.05, 4.69) is 17.2 Å². The quantitative estimate of drug-likeness (QED) is 0.681. The van der Waals surface area contributed by atoms with Crippen molar-refractivity contribution in [2.75, 3.05) is 19.6 Å². The van der Waals surface area contributed by atoms with Crippen LogP contribution in [0, 0.1) is 0 Å². The number of hydrogen-bond acceptors (Lipinski definition) is 4. The van der Waals surface area contributed by atoms with E-state index in [9.17, 15) is 9.90 Å². The Morgan fingerprint density at radius 2 is 1.92 bits per heavy atom. The van der Waals surface area contributed by atoms with E-state index in [0.717, 1.165) is 50.9 Å². The molecule has 0 saturated carbocycles. The summed E-state index contributed by atoms with van der Waals surface area (Å²) in [5, 5.41) is 14.0. The van der Waals surface area contributed by atoms with Crippen LogP contribution in [0.3, 0.4) is 0 Å². The van der Waals surface area contributed by atoms with Crippen LogP contribution in [0.2, 0.25) is 0 Å². The molecule has 1 aromatic rings. The average molecular weight is 335 g/mol. The second-order valence-corrected chi connectivity index (χ2v) is 6.25. The molecule has 0 radical (unpaired) electrons. The van der Waals surface area contributed by atoms with Crippen LogP contribution >= 0.6 is 0 Å². The van der Waals surface area contributed by atoms with Crippen LogP contribution in [0.25, 0.3) is 0 Å². The molecular formula is C19H33N3O2. The zero-order chi connectivity index (χ0) is 16.5. The molecule has 136 valence electrons. The third-order valence-electron chi connectivity index (χ3n) is 4.44. The highest BCUT2D eigenvalue weighted by Gasteiger charge is 2.32. The molecule has 2 N–H and O–H groups in total. The topological polar surface area (TPSA) is 65.5 Å². The van der Waals surface area contributed by atoms with Crippen LogP contribution in [0.4, 0.5) is 0 Å². The first kappa shape index (κ1) is 20.6. The highest BCUT2D eigenvalue weighted by Crippen LogP contribution is 2.20. The van der Waals surface area contributed by atoms with Crippen molar-refractivity contribution in [3.8, 4) is 0 Å². The second kappa shape index (κ2) is 11.2. The van der Waals surface area contributed by atoms with E-state index in [1.165, 1.54) is 12.8 Å². The number of rotatable bonds is 9. The van der Waals surface area contributed by atoms with Crippen LogP contribution < -0.4 is 5.32 Å². The number of nitrogens with zero attached hydrogens (tertiary/aromatic N) is 2. The molecule has 0 spiro atoms. The number of amides is 1. The van der Waals surface area contributed by atoms with Gasteiger partial charge in [-0.15, -0.1) is 0 Å². The minimum atomic E-state index is -0.836. The van der Waals surface area contributed by atoms with Gasteiger partial charge in [0.1, 0.15) is 12.1 Å². The second-order valence-electron chi connectivity index (χ2n) is 6.25. The lowest BCUT2D eigenvalue weighted by molar-refractivity contribution is -0.135. The number of aliphatic hydroxyl groups is 1. The molecule has 2 atom stereocenters. The Kier molecular flexibility index (Phi) is 9.57. The molecule has 0 unspecified atom stereocenters. The van der Waals surface area contributed by atoms with Crippen molar-refractivity contribution in [1.29, 1.82) is 0 Å².